The Kier molecular flexibility index (Phi) is 3.17. The van der Waals surface area contributed by atoms with Gasteiger partial charge >= 0.3 is 0 Å². The summed E-state index contributed by atoms with van der Waals surface area (Å²) in [6.45, 7) is 1.87. The molecule has 5 nitrogen and oxygen atoms in total. The molecule has 14 heavy (non-hydrogen) atoms. The highest BCUT2D eigenvalue weighted by Gasteiger charge is 2.11. The summed E-state index contributed by atoms with van der Waals surface area (Å²) in [5.74, 6) is 4.96. The Hall–Kier alpha value is -1.91. The van der Waals surface area contributed by atoms with E-state index in [1.54, 1.807) is 12.1 Å². The molecule has 0 saturated carbocycles. The van der Waals surface area contributed by atoms with Crippen LogP contribution in [-0.4, -0.2) is 11.1 Å². The first kappa shape index (κ1) is 10.2. The molecule has 0 aliphatic heterocycles. The van der Waals surface area contributed by atoms with E-state index in [1.165, 1.54) is 12.3 Å². The van der Waals surface area contributed by atoms with Crippen molar-refractivity contribution in [3.63, 3.8) is 0 Å². The van der Waals surface area contributed by atoms with Gasteiger partial charge in [0, 0.05) is 17.2 Å². The first-order chi connectivity index (χ1) is 6.69. The van der Waals surface area contributed by atoms with Crippen LogP contribution < -0.4 is 5.84 Å². The second-order valence-electron chi connectivity index (χ2n) is 2.78. The third kappa shape index (κ3) is 2.07. The molecular weight excluding hydrogens is 182 g/mol. The van der Waals surface area contributed by atoms with Crippen molar-refractivity contribution in [3.8, 4) is 0 Å². The van der Waals surface area contributed by atoms with Gasteiger partial charge in [0.05, 0.1) is 11.1 Å². The first-order valence-electron chi connectivity index (χ1n) is 4.19. The lowest BCUT2D eigenvalue weighted by atomic mass is 10.1. The molecule has 1 aromatic carbocycles. The number of hydrogen-bond donors (Lipinski definition) is 1. The molecule has 74 valence electrons. The monoisotopic (exact) mass is 193 g/mol. The van der Waals surface area contributed by atoms with E-state index >= 15 is 0 Å². The Labute approximate surface area is 81.4 Å². The average Bonchev–Trinajstić information content (AvgIpc) is 2.18. The molecule has 0 heterocycles. The van der Waals surface area contributed by atoms with E-state index in [0.29, 0.717) is 17.5 Å². The molecule has 0 atom stereocenters. The van der Waals surface area contributed by atoms with Gasteiger partial charge in [-0.1, -0.05) is 19.1 Å². The number of rotatable bonds is 3. The van der Waals surface area contributed by atoms with Crippen LogP contribution in [0, 0.1) is 10.1 Å². The van der Waals surface area contributed by atoms with Crippen molar-refractivity contribution in [2.24, 2.45) is 10.9 Å². The standard InChI is InChI=1S/C9H11N3O2/c1-2-8-4-3-7(6-11-10)5-9(8)12(13)14/h3-6H,2,10H2,1H3. The van der Waals surface area contributed by atoms with Crippen LogP contribution in [0.5, 0.6) is 0 Å². The zero-order valence-corrected chi connectivity index (χ0v) is 7.80. The molecular formula is C9H11N3O2. The lowest BCUT2D eigenvalue weighted by Gasteiger charge is -2.00. The topological polar surface area (TPSA) is 81.5 Å². The molecule has 1 rings (SSSR count). The van der Waals surface area contributed by atoms with Gasteiger partial charge in [-0.2, -0.15) is 5.10 Å². The Balaban J connectivity index is 3.20. The molecule has 1 aromatic rings. The second-order valence-corrected chi connectivity index (χ2v) is 2.78. The molecule has 0 aliphatic rings. The van der Waals surface area contributed by atoms with E-state index in [2.05, 4.69) is 5.10 Å². The maximum absolute atomic E-state index is 10.7. The van der Waals surface area contributed by atoms with Crippen LogP contribution in [0.25, 0.3) is 0 Å². The van der Waals surface area contributed by atoms with Crippen molar-refractivity contribution in [1.82, 2.24) is 0 Å². The summed E-state index contributed by atoms with van der Waals surface area (Å²) in [7, 11) is 0. The van der Waals surface area contributed by atoms with Gasteiger partial charge in [-0.05, 0) is 6.42 Å². The molecule has 0 amide bonds. The number of hydrazone groups is 1. The molecule has 0 aromatic heterocycles. The molecule has 0 unspecified atom stereocenters. The zero-order chi connectivity index (χ0) is 10.6. The van der Waals surface area contributed by atoms with Gasteiger partial charge in [0.15, 0.2) is 0 Å². The summed E-state index contributed by atoms with van der Waals surface area (Å²) < 4.78 is 0. The number of nitro groups is 1. The van der Waals surface area contributed by atoms with Crippen molar-refractivity contribution in [1.29, 1.82) is 0 Å². The van der Waals surface area contributed by atoms with E-state index in [4.69, 9.17) is 5.84 Å². The van der Waals surface area contributed by atoms with Crippen LogP contribution in [0.4, 0.5) is 5.69 Å². The second kappa shape index (κ2) is 4.36. The van der Waals surface area contributed by atoms with Crippen LogP contribution in [0.15, 0.2) is 23.3 Å². The maximum Gasteiger partial charge on any atom is 0.273 e. The lowest BCUT2D eigenvalue weighted by molar-refractivity contribution is -0.385. The van der Waals surface area contributed by atoms with Gasteiger partial charge in [0.25, 0.3) is 5.69 Å². The summed E-state index contributed by atoms with van der Waals surface area (Å²) in [6.07, 6.45) is 2.02. The zero-order valence-electron chi connectivity index (χ0n) is 7.80. The predicted molar refractivity (Wildman–Crippen MR) is 54.3 cm³/mol. The van der Waals surface area contributed by atoms with Crippen LogP contribution >= 0.6 is 0 Å². The van der Waals surface area contributed by atoms with Crippen molar-refractivity contribution in [2.75, 3.05) is 0 Å². The van der Waals surface area contributed by atoms with Crippen LogP contribution in [0.1, 0.15) is 18.1 Å². The molecule has 0 saturated heterocycles. The fourth-order valence-corrected chi connectivity index (χ4v) is 1.22. The van der Waals surface area contributed by atoms with Crippen molar-refractivity contribution >= 4 is 11.9 Å². The highest BCUT2D eigenvalue weighted by molar-refractivity contribution is 5.80. The number of hydrogen-bond acceptors (Lipinski definition) is 4. The number of nitrogens with two attached hydrogens (primary N) is 1. The number of nitrogens with zero attached hydrogens (tertiary/aromatic N) is 2. The highest BCUT2D eigenvalue weighted by Crippen LogP contribution is 2.19. The van der Waals surface area contributed by atoms with Crippen LogP contribution in [-0.2, 0) is 6.42 Å². The highest BCUT2D eigenvalue weighted by atomic mass is 16.6. The van der Waals surface area contributed by atoms with Gasteiger partial charge in [-0.25, -0.2) is 0 Å². The normalized spacial score (nSPS) is 10.6. The smallest absolute Gasteiger partial charge is 0.273 e. The first-order valence-corrected chi connectivity index (χ1v) is 4.19. The van der Waals surface area contributed by atoms with E-state index in [-0.39, 0.29) is 5.69 Å². The average molecular weight is 193 g/mol. The van der Waals surface area contributed by atoms with E-state index in [0.717, 1.165) is 0 Å². The third-order valence-electron chi connectivity index (χ3n) is 1.91. The van der Waals surface area contributed by atoms with Gasteiger partial charge in [-0.15, -0.1) is 0 Å². The van der Waals surface area contributed by atoms with E-state index < -0.39 is 4.92 Å². The Morgan fingerprint density at radius 2 is 2.36 bits per heavy atom. The fraction of sp³-hybridized carbons (Fsp3) is 0.222. The molecule has 0 bridgehead atoms. The van der Waals surface area contributed by atoms with Gasteiger partial charge in [0.2, 0.25) is 0 Å². The SMILES string of the molecule is CCc1ccc(C=NN)cc1[N+](=O)[O-]. The molecule has 0 radical (unpaired) electrons. The summed E-state index contributed by atoms with van der Waals surface area (Å²) in [4.78, 5) is 10.3. The molecule has 0 aliphatic carbocycles. The summed E-state index contributed by atoms with van der Waals surface area (Å²) in [5.41, 5.74) is 1.46. The number of benzene rings is 1. The summed E-state index contributed by atoms with van der Waals surface area (Å²) >= 11 is 0. The minimum Gasteiger partial charge on any atom is -0.323 e. The largest absolute Gasteiger partial charge is 0.323 e. The minimum absolute atomic E-state index is 0.116. The third-order valence-corrected chi connectivity index (χ3v) is 1.91. The molecule has 0 fully saturated rings. The van der Waals surface area contributed by atoms with Gasteiger partial charge < -0.3 is 5.84 Å². The molecule has 0 spiro atoms. The number of aryl methyl sites for hydroxylation is 1. The van der Waals surface area contributed by atoms with Crippen molar-refractivity contribution in [3.05, 3.63) is 39.4 Å². The predicted octanol–water partition coefficient (Wildman–Crippen LogP) is 1.45. The van der Waals surface area contributed by atoms with Crippen LogP contribution in [0.3, 0.4) is 0 Å². The van der Waals surface area contributed by atoms with E-state index in [9.17, 15) is 10.1 Å². The van der Waals surface area contributed by atoms with Gasteiger partial charge in [-0.3, -0.25) is 10.1 Å². The minimum atomic E-state index is -0.396. The lowest BCUT2D eigenvalue weighted by Crippen LogP contribution is -1.96. The molecule has 5 heteroatoms. The quantitative estimate of drug-likeness (QED) is 0.341. The van der Waals surface area contributed by atoms with E-state index in [1.807, 2.05) is 6.92 Å². The maximum atomic E-state index is 10.7. The Bertz CT molecular complexity index is 374. The van der Waals surface area contributed by atoms with Crippen molar-refractivity contribution in [2.45, 2.75) is 13.3 Å². The van der Waals surface area contributed by atoms with Crippen molar-refractivity contribution < 1.29 is 4.92 Å². The fourth-order valence-electron chi connectivity index (χ4n) is 1.22. The summed E-state index contributed by atoms with van der Waals surface area (Å²) in [5, 5.41) is 14.0. The molecule has 2 N–H and O–H groups in total. The number of nitro benzene ring substituents is 1. The van der Waals surface area contributed by atoms with Gasteiger partial charge in [0.1, 0.15) is 0 Å². The van der Waals surface area contributed by atoms with Crippen LogP contribution in [0.2, 0.25) is 0 Å². The Morgan fingerprint density at radius 1 is 1.64 bits per heavy atom. The summed E-state index contributed by atoms with van der Waals surface area (Å²) in [6, 6.07) is 4.94. The Morgan fingerprint density at radius 3 is 2.86 bits per heavy atom.